The zero-order valence-electron chi connectivity index (χ0n) is 10.7. The van der Waals surface area contributed by atoms with Crippen molar-refractivity contribution in [2.45, 2.75) is 45.7 Å². The molecule has 0 bridgehead atoms. The van der Waals surface area contributed by atoms with Gasteiger partial charge in [-0.25, -0.2) is 0 Å². The van der Waals surface area contributed by atoms with Crippen molar-refractivity contribution in [1.29, 1.82) is 0 Å². The van der Waals surface area contributed by atoms with E-state index in [1.165, 1.54) is 22.3 Å². The third-order valence-corrected chi connectivity index (χ3v) is 3.50. The van der Waals surface area contributed by atoms with Crippen LogP contribution < -0.4 is 11.1 Å². The highest BCUT2D eigenvalue weighted by atomic mass is 16.1. The molecule has 1 aliphatic heterocycles. The summed E-state index contributed by atoms with van der Waals surface area (Å²) in [6.45, 7) is 6.26. The van der Waals surface area contributed by atoms with Crippen LogP contribution in [0.2, 0.25) is 0 Å². The number of piperidine rings is 1. The molecule has 3 heteroatoms. The molecule has 3 N–H and O–H groups in total. The third-order valence-electron chi connectivity index (χ3n) is 3.50. The largest absolute Gasteiger partial charge is 0.348 e. The van der Waals surface area contributed by atoms with Crippen LogP contribution in [0.5, 0.6) is 0 Å². The Balaban J connectivity index is 2.42. The van der Waals surface area contributed by atoms with Crippen molar-refractivity contribution < 1.29 is 4.79 Å². The molecule has 1 aliphatic rings. The van der Waals surface area contributed by atoms with Crippen LogP contribution in [0.3, 0.4) is 0 Å². The molecule has 0 saturated carbocycles. The maximum atomic E-state index is 11.5. The van der Waals surface area contributed by atoms with Crippen LogP contribution in [0.4, 0.5) is 0 Å². The van der Waals surface area contributed by atoms with Gasteiger partial charge in [-0.3, -0.25) is 4.79 Å². The minimum atomic E-state index is -0.0307. The van der Waals surface area contributed by atoms with Crippen molar-refractivity contribution >= 4 is 5.91 Å². The van der Waals surface area contributed by atoms with E-state index in [9.17, 15) is 4.79 Å². The van der Waals surface area contributed by atoms with Crippen molar-refractivity contribution in [1.82, 2.24) is 5.32 Å². The third kappa shape index (κ3) is 2.34. The molecule has 3 nitrogen and oxygen atoms in total. The molecule has 2 unspecified atom stereocenters. The van der Waals surface area contributed by atoms with Gasteiger partial charge in [-0.05, 0) is 43.9 Å². The minimum absolute atomic E-state index is 0.0211. The van der Waals surface area contributed by atoms with Crippen molar-refractivity contribution in [2.24, 2.45) is 5.73 Å². The van der Waals surface area contributed by atoms with Crippen molar-refractivity contribution in [3.05, 3.63) is 34.4 Å². The number of benzene rings is 1. The van der Waals surface area contributed by atoms with Gasteiger partial charge >= 0.3 is 0 Å². The Morgan fingerprint density at radius 2 is 1.82 bits per heavy atom. The lowest BCUT2D eigenvalue weighted by atomic mass is 9.86. The van der Waals surface area contributed by atoms with E-state index in [-0.39, 0.29) is 18.0 Å². The maximum absolute atomic E-state index is 11.5. The van der Waals surface area contributed by atoms with Gasteiger partial charge in [0.05, 0.1) is 6.04 Å². The summed E-state index contributed by atoms with van der Waals surface area (Å²) in [5, 5.41) is 3.02. The fourth-order valence-electron chi connectivity index (χ4n) is 2.79. The second kappa shape index (κ2) is 4.49. The number of rotatable bonds is 1. The smallest absolute Gasteiger partial charge is 0.220 e. The zero-order valence-corrected chi connectivity index (χ0v) is 10.7. The average molecular weight is 232 g/mol. The van der Waals surface area contributed by atoms with Gasteiger partial charge in [0, 0.05) is 12.5 Å². The molecule has 1 heterocycles. The van der Waals surface area contributed by atoms with E-state index < -0.39 is 0 Å². The molecule has 92 valence electrons. The van der Waals surface area contributed by atoms with E-state index in [1.54, 1.807) is 0 Å². The summed E-state index contributed by atoms with van der Waals surface area (Å²) in [5.74, 6) is 0.107. The molecule has 1 saturated heterocycles. The lowest BCUT2D eigenvalue weighted by molar-refractivity contribution is -0.123. The standard InChI is InChI=1S/C14H20N2O/c1-8-6-9(2)13(10(3)7-8)14-11(15)4-5-12(17)16-14/h6-7,11,14H,4-5,15H2,1-3H3,(H,16,17). The zero-order chi connectivity index (χ0) is 12.6. The first-order valence-electron chi connectivity index (χ1n) is 6.11. The molecule has 17 heavy (non-hydrogen) atoms. The summed E-state index contributed by atoms with van der Waals surface area (Å²) < 4.78 is 0. The quantitative estimate of drug-likeness (QED) is 0.777. The van der Waals surface area contributed by atoms with E-state index >= 15 is 0 Å². The van der Waals surface area contributed by atoms with Crippen molar-refractivity contribution in [2.75, 3.05) is 0 Å². The summed E-state index contributed by atoms with van der Waals surface area (Å²) in [7, 11) is 0. The second-order valence-corrected chi connectivity index (χ2v) is 5.06. The first-order chi connectivity index (χ1) is 7.99. The molecular weight excluding hydrogens is 212 g/mol. The van der Waals surface area contributed by atoms with Crippen LogP contribution in [0.1, 0.15) is 41.1 Å². The van der Waals surface area contributed by atoms with Gasteiger partial charge < -0.3 is 11.1 Å². The fourth-order valence-corrected chi connectivity index (χ4v) is 2.79. The molecule has 2 atom stereocenters. The van der Waals surface area contributed by atoms with Gasteiger partial charge in [-0.1, -0.05) is 17.7 Å². The highest BCUT2D eigenvalue weighted by Crippen LogP contribution is 2.29. The number of hydrogen-bond donors (Lipinski definition) is 2. The van der Waals surface area contributed by atoms with Crippen LogP contribution in [0.15, 0.2) is 12.1 Å². The van der Waals surface area contributed by atoms with Gasteiger partial charge in [0.25, 0.3) is 0 Å². The number of carbonyl (C=O) groups excluding carboxylic acids is 1. The Hall–Kier alpha value is -1.35. The minimum Gasteiger partial charge on any atom is -0.348 e. The number of nitrogens with one attached hydrogen (secondary N) is 1. The molecule has 1 amide bonds. The lowest BCUT2D eigenvalue weighted by Crippen LogP contribution is -2.46. The van der Waals surface area contributed by atoms with Crippen LogP contribution >= 0.6 is 0 Å². The van der Waals surface area contributed by atoms with E-state index in [2.05, 4.69) is 38.2 Å². The molecule has 2 rings (SSSR count). The SMILES string of the molecule is Cc1cc(C)c(C2NC(=O)CCC2N)c(C)c1. The number of carbonyl (C=O) groups is 1. The maximum Gasteiger partial charge on any atom is 0.220 e. The summed E-state index contributed by atoms with van der Waals surface area (Å²) in [4.78, 5) is 11.5. The van der Waals surface area contributed by atoms with E-state index in [0.29, 0.717) is 6.42 Å². The van der Waals surface area contributed by atoms with Crippen molar-refractivity contribution in [3.8, 4) is 0 Å². The number of aryl methyl sites for hydroxylation is 3. The topological polar surface area (TPSA) is 55.1 Å². The van der Waals surface area contributed by atoms with Gasteiger partial charge in [0.2, 0.25) is 5.91 Å². The van der Waals surface area contributed by atoms with Gasteiger partial charge in [0.1, 0.15) is 0 Å². The van der Waals surface area contributed by atoms with E-state index in [0.717, 1.165) is 6.42 Å². The first-order valence-corrected chi connectivity index (χ1v) is 6.11. The van der Waals surface area contributed by atoms with Crippen LogP contribution in [-0.2, 0) is 4.79 Å². The Labute approximate surface area is 102 Å². The molecule has 0 aromatic heterocycles. The van der Waals surface area contributed by atoms with Crippen LogP contribution in [0.25, 0.3) is 0 Å². The van der Waals surface area contributed by atoms with Gasteiger partial charge in [0.15, 0.2) is 0 Å². The average Bonchev–Trinajstić information content (AvgIpc) is 2.21. The molecule has 0 aliphatic carbocycles. The highest BCUT2D eigenvalue weighted by molar-refractivity contribution is 5.77. The Kier molecular flexibility index (Phi) is 3.20. The number of nitrogens with two attached hydrogens (primary N) is 1. The Bertz CT molecular complexity index is 431. The fraction of sp³-hybridized carbons (Fsp3) is 0.500. The molecule has 0 spiro atoms. The molecule has 0 radical (unpaired) electrons. The summed E-state index contributed by atoms with van der Waals surface area (Å²) in [5.41, 5.74) is 11.0. The predicted octanol–water partition coefficient (Wildman–Crippen LogP) is 1.89. The Morgan fingerprint density at radius 3 is 2.41 bits per heavy atom. The lowest BCUT2D eigenvalue weighted by Gasteiger charge is -2.32. The molecule has 1 aromatic carbocycles. The summed E-state index contributed by atoms with van der Waals surface area (Å²) in [6.07, 6.45) is 1.31. The number of hydrogen-bond acceptors (Lipinski definition) is 2. The molecule has 1 fully saturated rings. The predicted molar refractivity (Wildman–Crippen MR) is 68.7 cm³/mol. The summed E-state index contributed by atoms with van der Waals surface area (Å²) >= 11 is 0. The van der Waals surface area contributed by atoms with E-state index in [1.807, 2.05) is 0 Å². The van der Waals surface area contributed by atoms with Crippen molar-refractivity contribution in [3.63, 3.8) is 0 Å². The highest BCUT2D eigenvalue weighted by Gasteiger charge is 2.29. The number of amides is 1. The second-order valence-electron chi connectivity index (χ2n) is 5.06. The van der Waals surface area contributed by atoms with Crippen LogP contribution in [-0.4, -0.2) is 11.9 Å². The monoisotopic (exact) mass is 232 g/mol. The molecular formula is C14H20N2O. The Morgan fingerprint density at radius 1 is 1.24 bits per heavy atom. The van der Waals surface area contributed by atoms with E-state index in [4.69, 9.17) is 5.73 Å². The van der Waals surface area contributed by atoms with Gasteiger partial charge in [-0.2, -0.15) is 0 Å². The molecule has 1 aromatic rings. The van der Waals surface area contributed by atoms with Crippen LogP contribution in [0, 0.1) is 20.8 Å². The normalized spacial score (nSPS) is 24.6. The summed E-state index contributed by atoms with van der Waals surface area (Å²) in [6, 6.07) is 4.29. The first kappa shape index (κ1) is 12.1. The van der Waals surface area contributed by atoms with Gasteiger partial charge in [-0.15, -0.1) is 0 Å².